The predicted molar refractivity (Wildman–Crippen MR) is 109 cm³/mol. The van der Waals surface area contributed by atoms with Crippen LogP contribution in [0.25, 0.3) is 22.2 Å². The molecule has 4 rings (SSSR count). The molecule has 1 heterocycles. The standard InChI is InChI=1S/C22H18N4O4/c1-29-19-10-9-16-11-18(8-7-17(16)12-19)20(27)14-30-21(28)13-26-24-22(23-25-26)15-5-3-2-4-6-15/h2-12H,13-14H2,1H3. The predicted octanol–water partition coefficient (Wildman–Crippen LogP) is 2.93. The fourth-order valence-corrected chi connectivity index (χ4v) is 2.93. The molecule has 0 fully saturated rings. The van der Waals surface area contributed by atoms with Gasteiger partial charge >= 0.3 is 5.97 Å². The summed E-state index contributed by atoms with van der Waals surface area (Å²) >= 11 is 0. The zero-order valence-corrected chi connectivity index (χ0v) is 16.2. The van der Waals surface area contributed by atoms with Crippen molar-refractivity contribution < 1.29 is 19.1 Å². The topological polar surface area (TPSA) is 96.2 Å². The van der Waals surface area contributed by atoms with E-state index in [9.17, 15) is 9.59 Å². The lowest BCUT2D eigenvalue weighted by molar-refractivity contribution is -0.143. The number of rotatable bonds is 7. The molecule has 0 aliphatic carbocycles. The van der Waals surface area contributed by atoms with Gasteiger partial charge in [0.05, 0.1) is 7.11 Å². The highest BCUT2D eigenvalue weighted by atomic mass is 16.5. The number of carbonyl (C=O) groups is 2. The van der Waals surface area contributed by atoms with E-state index in [1.165, 1.54) is 0 Å². The zero-order valence-electron chi connectivity index (χ0n) is 16.2. The van der Waals surface area contributed by atoms with E-state index in [1.54, 1.807) is 19.2 Å². The van der Waals surface area contributed by atoms with Crippen molar-refractivity contribution in [3.8, 4) is 17.1 Å². The van der Waals surface area contributed by atoms with Crippen LogP contribution in [0.15, 0.2) is 66.7 Å². The molecular formula is C22H18N4O4. The molecule has 0 aliphatic heterocycles. The van der Waals surface area contributed by atoms with Gasteiger partial charge in [-0.1, -0.05) is 48.5 Å². The summed E-state index contributed by atoms with van der Waals surface area (Å²) in [6.07, 6.45) is 0. The second kappa shape index (κ2) is 8.52. The van der Waals surface area contributed by atoms with Gasteiger partial charge in [-0.25, -0.2) is 4.79 Å². The van der Waals surface area contributed by atoms with Gasteiger partial charge in [-0.15, -0.1) is 10.2 Å². The number of aromatic nitrogens is 4. The normalized spacial score (nSPS) is 10.7. The molecule has 0 radical (unpaired) electrons. The van der Waals surface area contributed by atoms with Crippen LogP contribution in [-0.2, 0) is 16.1 Å². The first-order chi connectivity index (χ1) is 14.6. The number of nitrogens with zero attached hydrogens (tertiary/aromatic N) is 4. The Morgan fingerprint density at radius 2 is 1.73 bits per heavy atom. The average molecular weight is 402 g/mol. The maximum absolute atomic E-state index is 12.4. The molecule has 0 saturated carbocycles. The van der Waals surface area contributed by atoms with Gasteiger partial charge in [-0.3, -0.25) is 4.79 Å². The van der Waals surface area contributed by atoms with E-state index in [0.717, 1.165) is 26.9 Å². The summed E-state index contributed by atoms with van der Waals surface area (Å²) in [5.74, 6) is 0.239. The number of ether oxygens (including phenoxy) is 2. The number of Topliss-reactive ketones (excluding diaryl/α,β-unsaturated/α-hetero) is 1. The number of methoxy groups -OCH3 is 1. The minimum atomic E-state index is -0.620. The number of tetrazole rings is 1. The van der Waals surface area contributed by atoms with Crippen LogP contribution >= 0.6 is 0 Å². The van der Waals surface area contributed by atoms with Gasteiger partial charge in [0.25, 0.3) is 0 Å². The van der Waals surface area contributed by atoms with Crippen LogP contribution in [0, 0.1) is 0 Å². The monoisotopic (exact) mass is 402 g/mol. The third-order valence-electron chi connectivity index (χ3n) is 4.49. The van der Waals surface area contributed by atoms with E-state index >= 15 is 0 Å². The van der Waals surface area contributed by atoms with Crippen LogP contribution < -0.4 is 4.74 Å². The van der Waals surface area contributed by atoms with Gasteiger partial charge in [0.1, 0.15) is 5.75 Å². The molecule has 0 spiro atoms. The summed E-state index contributed by atoms with van der Waals surface area (Å²) in [5.41, 5.74) is 1.26. The van der Waals surface area contributed by atoms with Gasteiger partial charge in [0.2, 0.25) is 5.82 Å². The summed E-state index contributed by atoms with van der Waals surface area (Å²) in [4.78, 5) is 25.6. The highest BCUT2D eigenvalue weighted by molar-refractivity contribution is 6.01. The van der Waals surface area contributed by atoms with Crippen LogP contribution in [0.4, 0.5) is 0 Å². The summed E-state index contributed by atoms with van der Waals surface area (Å²) in [7, 11) is 1.60. The lowest BCUT2D eigenvalue weighted by Crippen LogP contribution is -2.19. The quantitative estimate of drug-likeness (QED) is 0.346. The number of fused-ring (bicyclic) bond motifs is 1. The molecule has 8 heteroatoms. The highest BCUT2D eigenvalue weighted by Gasteiger charge is 2.13. The van der Waals surface area contributed by atoms with Crippen molar-refractivity contribution >= 4 is 22.5 Å². The second-order valence-electron chi connectivity index (χ2n) is 6.52. The number of benzene rings is 3. The number of carbonyl (C=O) groups excluding carboxylic acids is 2. The number of ketones is 1. The second-order valence-corrected chi connectivity index (χ2v) is 6.52. The minimum absolute atomic E-state index is 0.232. The Labute approximate surface area is 172 Å². The zero-order chi connectivity index (χ0) is 20.9. The molecule has 1 aromatic heterocycles. The highest BCUT2D eigenvalue weighted by Crippen LogP contribution is 2.22. The average Bonchev–Trinajstić information content (AvgIpc) is 3.25. The molecule has 3 aromatic carbocycles. The number of hydrogen-bond donors (Lipinski definition) is 0. The van der Waals surface area contributed by atoms with E-state index in [-0.39, 0.29) is 18.9 Å². The van der Waals surface area contributed by atoms with Gasteiger partial charge in [0, 0.05) is 11.1 Å². The van der Waals surface area contributed by atoms with Crippen LogP contribution in [0.1, 0.15) is 10.4 Å². The Balaban J connectivity index is 1.35. The van der Waals surface area contributed by atoms with Gasteiger partial charge in [-0.2, -0.15) is 4.80 Å². The van der Waals surface area contributed by atoms with Crippen LogP contribution in [-0.4, -0.2) is 45.7 Å². The van der Waals surface area contributed by atoms with E-state index in [0.29, 0.717) is 11.4 Å². The van der Waals surface area contributed by atoms with Gasteiger partial charge in [-0.05, 0) is 34.2 Å². The SMILES string of the molecule is COc1ccc2cc(C(=O)COC(=O)Cn3nnc(-c4ccccc4)n3)ccc2c1. The van der Waals surface area contributed by atoms with Gasteiger partial charge in [0.15, 0.2) is 18.9 Å². The van der Waals surface area contributed by atoms with Crippen LogP contribution in [0.3, 0.4) is 0 Å². The Hall–Kier alpha value is -4.07. The summed E-state index contributed by atoms with van der Waals surface area (Å²) in [5, 5.41) is 13.8. The van der Waals surface area contributed by atoms with Crippen molar-refractivity contribution in [3.63, 3.8) is 0 Å². The molecule has 0 aliphatic rings. The van der Waals surface area contributed by atoms with Crippen molar-refractivity contribution in [1.29, 1.82) is 0 Å². The van der Waals surface area contributed by atoms with E-state index < -0.39 is 5.97 Å². The molecule has 0 atom stereocenters. The first kappa shape index (κ1) is 19.3. The molecule has 30 heavy (non-hydrogen) atoms. The number of esters is 1. The number of hydrogen-bond acceptors (Lipinski definition) is 7. The van der Waals surface area contributed by atoms with Crippen molar-refractivity contribution in [2.75, 3.05) is 13.7 Å². The summed E-state index contributed by atoms with van der Waals surface area (Å²) in [6, 6.07) is 20.2. The van der Waals surface area contributed by atoms with Crippen molar-refractivity contribution in [3.05, 3.63) is 72.3 Å². The van der Waals surface area contributed by atoms with Gasteiger partial charge < -0.3 is 9.47 Å². The maximum atomic E-state index is 12.4. The minimum Gasteiger partial charge on any atom is -0.497 e. The molecular weight excluding hydrogens is 384 g/mol. The van der Waals surface area contributed by atoms with Crippen LogP contribution in [0.2, 0.25) is 0 Å². The van der Waals surface area contributed by atoms with E-state index in [1.807, 2.05) is 54.6 Å². The molecule has 150 valence electrons. The van der Waals surface area contributed by atoms with Crippen molar-refractivity contribution in [2.24, 2.45) is 0 Å². The molecule has 0 bridgehead atoms. The lowest BCUT2D eigenvalue weighted by Gasteiger charge is -2.06. The fourth-order valence-electron chi connectivity index (χ4n) is 2.93. The molecule has 0 unspecified atom stereocenters. The van der Waals surface area contributed by atoms with Crippen LogP contribution in [0.5, 0.6) is 5.75 Å². The maximum Gasteiger partial charge on any atom is 0.330 e. The largest absolute Gasteiger partial charge is 0.497 e. The van der Waals surface area contributed by atoms with E-state index in [4.69, 9.17) is 9.47 Å². The fraction of sp³-hybridized carbons (Fsp3) is 0.136. The Kier molecular flexibility index (Phi) is 5.47. The first-order valence-corrected chi connectivity index (χ1v) is 9.22. The molecule has 0 saturated heterocycles. The van der Waals surface area contributed by atoms with E-state index in [2.05, 4.69) is 15.4 Å². The third kappa shape index (κ3) is 4.33. The lowest BCUT2D eigenvalue weighted by atomic mass is 10.0. The first-order valence-electron chi connectivity index (χ1n) is 9.22. The molecule has 0 amide bonds. The molecule has 0 N–H and O–H groups in total. The van der Waals surface area contributed by atoms with Crippen molar-refractivity contribution in [2.45, 2.75) is 6.54 Å². The Morgan fingerprint density at radius 1 is 0.967 bits per heavy atom. The smallest absolute Gasteiger partial charge is 0.330 e. The summed E-state index contributed by atoms with van der Waals surface area (Å²) in [6.45, 7) is -0.592. The Morgan fingerprint density at radius 3 is 2.53 bits per heavy atom. The Bertz CT molecular complexity index is 1200. The summed E-state index contributed by atoms with van der Waals surface area (Å²) < 4.78 is 10.3. The molecule has 8 nitrogen and oxygen atoms in total. The van der Waals surface area contributed by atoms with Crippen molar-refractivity contribution in [1.82, 2.24) is 20.2 Å². The molecule has 4 aromatic rings. The third-order valence-corrected chi connectivity index (χ3v) is 4.49.